The van der Waals surface area contributed by atoms with Gasteiger partial charge in [-0.3, -0.25) is 0 Å². The maximum atomic E-state index is 10.2. The third kappa shape index (κ3) is 2.27. The normalized spacial score (nSPS) is 18.4. The third-order valence-electron chi connectivity index (χ3n) is 3.57. The number of aryl methyl sites for hydroxylation is 2. The van der Waals surface area contributed by atoms with Crippen LogP contribution < -0.4 is 4.90 Å². The van der Waals surface area contributed by atoms with Crippen molar-refractivity contribution in [1.82, 2.24) is 9.97 Å². The molecular formula is C13H21N3O. The Kier molecular flexibility index (Phi) is 3.08. The van der Waals surface area contributed by atoms with Gasteiger partial charge >= 0.3 is 0 Å². The average Bonchev–Trinajstić information content (AvgIpc) is 2.23. The van der Waals surface area contributed by atoms with Crippen molar-refractivity contribution < 1.29 is 5.11 Å². The van der Waals surface area contributed by atoms with Gasteiger partial charge in [-0.2, -0.15) is 0 Å². The first-order valence-electron chi connectivity index (χ1n) is 6.26. The molecule has 0 saturated carbocycles. The van der Waals surface area contributed by atoms with Gasteiger partial charge in [0.15, 0.2) is 0 Å². The van der Waals surface area contributed by atoms with E-state index in [1.807, 2.05) is 13.0 Å². The lowest BCUT2D eigenvalue weighted by Crippen LogP contribution is -2.65. The van der Waals surface area contributed by atoms with Crippen LogP contribution in [0.1, 0.15) is 32.3 Å². The second-order valence-electron chi connectivity index (χ2n) is 5.23. The van der Waals surface area contributed by atoms with Crippen LogP contribution in [0, 0.1) is 12.8 Å². The molecule has 2 rings (SSSR count). The van der Waals surface area contributed by atoms with Crippen LogP contribution in [0.25, 0.3) is 0 Å². The molecule has 1 aliphatic heterocycles. The van der Waals surface area contributed by atoms with Gasteiger partial charge in [0.25, 0.3) is 0 Å². The lowest BCUT2D eigenvalue weighted by atomic mass is 9.83. The molecule has 0 radical (unpaired) electrons. The van der Waals surface area contributed by atoms with E-state index in [1.165, 1.54) is 0 Å². The Morgan fingerprint density at radius 2 is 2.06 bits per heavy atom. The van der Waals surface area contributed by atoms with Crippen LogP contribution in [0.3, 0.4) is 0 Å². The van der Waals surface area contributed by atoms with Gasteiger partial charge in [0.05, 0.1) is 13.1 Å². The highest BCUT2D eigenvalue weighted by Gasteiger charge is 2.44. The maximum absolute atomic E-state index is 10.2. The molecule has 2 heterocycles. The van der Waals surface area contributed by atoms with E-state index in [9.17, 15) is 5.11 Å². The molecule has 94 valence electrons. The smallest absolute Gasteiger partial charge is 0.132 e. The Bertz CT molecular complexity index is 411. The quantitative estimate of drug-likeness (QED) is 0.863. The van der Waals surface area contributed by atoms with Crippen LogP contribution in [0.5, 0.6) is 0 Å². The first-order valence-corrected chi connectivity index (χ1v) is 6.26. The van der Waals surface area contributed by atoms with Gasteiger partial charge in [0.2, 0.25) is 0 Å². The van der Waals surface area contributed by atoms with E-state index >= 15 is 0 Å². The second kappa shape index (κ2) is 4.26. The van der Waals surface area contributed by atoms with Gasteiger partial charge in [0.1, 0.15) is 17.2 Å². The Hall–Kier alpha value is -1.16. The third-order valence-corrected chi connectivity index (χ3v) is 3.57. The zero-order valence-electron chi connectivity index (χ0n) is 11.1. The number of hydrogen-bond donors (Lipinski definition) is 1. The van der Waals surface area contributed by atoms with Crippen molar-refractivity contribution in [3.05, 3.63) is 17.6 Å². The summed E-state index contributed by atoms with van der Waals surface area (Å²) < 4.78 is 0. The molecule has 1 aromatic heterocycles. The largest absolute Gasteiger partial charge is 0.386 e. The molecule has 0 spiro atoms. The predicted molar refractivity (Wildman–Crippen MR) is 68.1 cm³/mol. The number of nitrogens with zero attached hydrogens (tertiary/aromatic N) is 3. The summed E-state index contributed by atoms with van der Waals surface area (Å²) in [6.45, 7) is 9.46. The summed E-state index contributed by atoms with van der Waals surface area (Å²) in [6, 6.07) is 2.02. The lowest BCUT2D eigenvalue weighted by Gasteiger charge is -2.49. The zero-order chi connectivity index (χ0) is 12.6. The molecule has 0 atom stereocenters. The fourth-order valence-corrected chi connectivity index (χ4v) is 2.10. The number of rotatable bonds is 3. The summed E-state index contributed by atoms with van der Waals surface area (Å²) >= 11 is 0. The summed E-state index contributed by atoms with van der Waals surface area (Å²) in [5.41, 5.74) is 0.512. The maximum Gasteiger partial charge on any atom is 0.132 e. The highest BCUT2D eigenvalue weighted by atomic mass is 16.3. The first-order chi connectivity index (χ1) is 7.94. The van der Waals surface area contributed by atoms with Crippen molar-refractivity contribution in [2.75, 3.05) is 18.0 Å². The van der Waals surface area contributed by atoms with Crippen molar-refractivity contribution in [3.8, 4) is 0 Å². The molecule has 0 unspecified atom stereocenters. The van der Waals surface area contributed by atoms with E-state index in [2.05, 4.69) is 35.6 Å². The highest BCUT2D eigenvalue weighted by Crippen LogP contribution is 2.32. The summed E-state index contributed by atoms with van der Waals surface area (Å²) in [5, 5.41) is 10.2. The molecular weight excluding hydrogens is 214 g/mol. The second-order valence-corrected chi connectivity index (χ2v) is 5.23. The molecule has 0 aromatic carbocycles. The van der Waals surface area contributed by atoms with Crippen molar-refractivity contribution in [1.29, 1.82) is 0 Å². The van der Waals surface area contributed by atoms with Gasteiger partial charge in [0, 0.05) is 11.8 Å². The Morgan fingerprint density at radius 3 is 2.59 bits per heavy atom. The van der Waals surface area contributed by atoms with Crippen LogP contribution in [-0.2, 0) is 6.42 Å². The standard InChI is InChI=1S/C13H21N3O/c1-5-11-6-12(15-10(4)14-11)16-7-13(17,8-16)9(2)3/h6,9,17H,5,7-8H2,1-4H3. The van der Waals surface area contributed by atoms with E-state index in [1.54, 1.807) is 0 Å². The molecule has 1 saturated heterocycles. The van der Waals surface area contributed by atoms with E-state index < -0.39 is 5.60 Å². The van der Waals surface area contributed by atoms with Crippen LogP contribution >= 0.6 is 0 Å². The molecule has 0 amide bonds. The highest BCUT2D eigenvalue weighted by molar-refractivity contribution is 5.45. The van der Waals surface area contributed by atoms with Gasteiger partial charge in [-0.1, -0.05) is 20.8 Å². The number of aromatic nitrogens is 2. The molecule has 1 aromatic rings. The van der Waals surface area contributed by atoms with E-state index in [0.29, 0.717) is 13.1 Å². The van der Waals surface area contributed by atoms with E-state index in [4.69, 9.17) is 0 Å². The molecule has 4 nitrogen and oxygen atoms in total. The monoisotopic (exact) mass is 235 g/mol. The number of aliphatic hydroxyl groups is 1. The lowest BCUT2D eigenvalue weighted by molar-refractivity contribution is -0.0304. The van der Waals surface area contributed by atoms with Crippen molar-refractivity contribution in [3.63, 3.8) is 0 Å². The minimum Gasteiger partial charge on any atom is -0.386 e. The minimum atomic E-state index is -0.550. The predicted octanol–water partition coefficient (Wildman–Crippen LogP) is 1.55. The van der Waals surface area contributed by atoms with Crippen LogP contribution in [0.4, 0.5) is 5.82 Å². The van der Waals surface area contributed by atoms with Crippen LogP contribution in [0.2, 0.25) is 0 Å². The first kappa shape index (κ1) is 12.3. The topological polar surface area (TPSA) is 49.2 Å². The summed E-state index contributed by atoms with van der Waals surface area (Å²) in [5.74, 6) is 2.03. The summed E-state index contributed by atoms with van der Waals surface area (Å²) in [6.07, 6.45) is 0.915. The fourth-order valence-electron chi connectivity index (χ4n) is 2.10. The van der Waals surface area contributed by atoms with Crippen molar-refractivity contribution in [2.24, 2.45) is 5.92 Å². The van der Waals surface area contributed by atoms with E-state index in [-0.39, 0.29) is 5.92 Å². The summed E-state index contributed by atoms with van der Waals surface area (Å²) in [7, 11) is 0. The molecule has 0 aliphatic carbocycles. The number of anilines is 1. The van der Waals surface area contributed by atoms with Gasteiger partial charge in [-0.25, -0.2) is 9.97 Å². The Balaban J connectivity index is 2.13. The molecule has 1 fully saturated rings. The van der Waals surface area contributed by atoms with E-state index in [0.717, 1.165) is 23.8 Å². The SMILES string of the molecule is CCc1cc(N2CC(O)(C(C)C)C2)nc(C)n1. The number of β-amino-alcohol motifs (C(OH)–C–C–N with tert-alkyl or cyclic N) is 1. The minimum absolute atomic E-state index is 0.285. The summed E-state index contributed by atoms with van der Waals surface area (Å²) in [4.78, 5) is 10.9. The number of hydrogen-bond acceptors (Lipinski definition) is 4. The molecule has 1 aliphatic rings. The van der Waals surface area contributed by atoms with Gasteiger partial charge < -0.3 is 10.0 Å². The molecule has 0 bridgehead atoms. The fraction of sp³-hybridized carbons (Fsp3) is 0.692. The van der Waals surface area contributed by atoms with Crippen molar-refractivity contribution >= 4 is 5.82 Å². The van der Waals surface area contributed by atoms with Crippen LogP contribution in [0.15, 0.2) is 6.07 Å². The van der Waals surface area contributed by atoms with Gasteiger partial charge in [-0.05, 0) is 19.3 Å². The molecule has 4 heteroatoms. The zero-order valence-corrected chi connectivity index (χ0v) is 11.1. The van der Waals surface area contributed by atoms with Crippen LogP contribution in [-0.4, -0.2) is 33.8 Å². The molecule has 17 heavy (non-hydrogen) atoms. The van der Waals surface area contributed by atoms with Crippen molar-refractivity contribution in [2.45, 2.75) is 39.7 Å². The van der Waals surface area contributed by atoms with Gasteiger partial charge in [-0.15, -0.1) is 0 Å². The molecule has 1 N–H and O–H groups in total. The Morgan fingerprint density at radius 1 is 1.41 bits per heavy atom. The average molecular weight is 235 g/mol. The Labute approximate surface area is 103 Å².